The van der Waals surface area contributed by atoms with Gasteiger partial charge in [-0.1, -0.05) is 24.3 Å². The Morgan fingerprint density at radius 3 is 2.81 bits per heavy atom. The van der Waals surface area contributed by atoms with Gasteiger partial charge in [0, 0.05) is 13.5 Å². The summed E-state index contributed by atoms with van der Waals surface area (Å²) in [6.45, 7) is 2.35. The SMILES string of the molecule is CC#CCCC(O)c1ccccc1COC. The smallest absolute Gasteiger partial charge is 0.0802 e. The van der Waals surface area contributed by atoms with Gasteiger partial charge in [-0.05, 0) is 24.5 Å². The van der Waals surface area contributed by atoms with Gasteiger partial charge in [0.1, 0.15) is 0 Å². The fourth-order valence-electron chi connectivity index (χ4n) is 1.64. The lowest BCUT2D eigenvalue weighted by atomic mass is 9.99. The Hall–Kier alpha value is -1.30. The predicted octanol–water partition coefficient (Wildman–Crippen LogP) is 2.67. The molecule has 1 N–H and O–H groups in total. The van der Waals surface area contributed by atoms with E-state index in [4.69, 9.17) is 4.74 Å². The summed E-state index contributed by atoms with van der Waals surface area (Å²) in [5.41, 5.74) is 1.99. The molecule has 1 rings (SSSR count). The summed E-state index contributed by atoms with van der Waals surface area (Å²) in [5.74, 6) is 5.79. The zero-order valence-corrected chi connectivity index (χ0v) is 9.86. The average molecular weight is 218 g/mol. The van der Waals surface area contributed by atoms with E-state index in [9.17, 15) is 5.11 Å². The van der Waals surface area contributed by atoms with Crippen LogP contribution in [0.15, 0.2) is 24.3 Å². The Labute approximate surface area is 97.3 Å². The van der Waals surface area contributed by atoms with E-state index >= 15 is 0 Å². The fraction of sp³-hybridized carbons (Fsp3) is 0.429. The van der Waals surface area contributed by atoms with Crippen LogP contribution in [0.3, 0.4) is 0 Å². The summed E-state index contributed by atoms with van der Waals surface area (Å²) >= 11 is 0. The van der Waals surface area contributed by atoms with E-state index in [1.807, 2.05) is 31.2 Å². The van der Waals surface area contributed by atoms with Crippen molar-refractivity contribution in [2.45, 2.75) is 32.5 Å². The van der Waals surface area contributed by atoms with Crippen molar-refractivity contribution in [2.24, 2.45) is 0 Å². The minimum absolute atomic E-state index is 0.452. The molecule has 1 aromatic rings. The lowest BCUT2D eigenvalue weighted by molar-refractivity contribution is 0.156. The molecule has 2 heteroatoms. The topological polar surface area (TPSA) is 29.5 Å². The van der Waals surface area contributed by atoms with Crippen molar-refractivity contribution in [3.63, 3.8) is 0 Å². The molecule has 86 valence electrons. The van der Waals surface area contributed by atoms with Crippen molar-refractivity contribution < 1.29 is 9.84 Å². The largest absolute Gasteiger partial charge is 0.388 e. The minimum atomic E-state index is -0.452. The molecule has 0 bridgehead atoms. The van der Waals surface area contributed by atoms with E-state index in [1.54, 1.807) is 7.11 Å². The number of hydrogen-bond acceptors (Lipinski definition) is 2. The van der Waals surface area contributed by atoms with Gasteiger partial charge in [-0.15, -0.1) is 11.8 Å². The maximum atomic E-state index is 10.0. The number of aliphatic hydroxyl groups excluding tert-OH is 1. The standard InChI is InChI=1S/C14H18O2/c1-3-4-5-10-14(15)13-9-7-6-8-12(13)11-16-2/h6-9,14-15H,5,10-11H2,1-2H3. The minimum Gasteiger partial charge on any atom is -0.388 e. The van der Waals surface area contributed by atoms with Gasteiger partial charge >= 0.3 is 0 Å². The van der Waals surface area contributed by atoms with E-state index in [0.29, 0.717) is 13.0 Å². The van der Waals surface area contributed by atoms with Crippen molar-refractivity contribution >= 4 is 0 Å². The second kappa shape index (κ2) is 7.05. The molecule has 16 heavy (non-hydrogen) atoms. The van der Waals surface area contributed by atoms with Crippen molar-refractivity contribution in [2.75, 3.05) is 7.11 Å². The van der Waals surface area contributed by atoms with Crippen LogP contribution in [0, 0.1) is 11.8 Å². The molecule has 1 unspecified atom stereocenters. The van der Waals surface area contributed by atoms with Crippen LogP contribution in [0.25, 0.3) is 0 Å². The van der Waals surface area contributed by atoms with E-state index in [1.165, 1.54) is 0 Å². The van der Waals surface area contributed by atoms with E-state index in [0.717, 1.165) is 17.5 Å². The third-order valence-corrected chi connectivity index (χ3v) is 2.43. The lowest BCUT2D eigenvalue weighted by Crippen LogP contribution is -2.02. The molecule has 0 saturated carbocycles. The maximum Gasteiger partial charge on any atom is 0.0802 e. The predicted molar refractivity (Wildman–Crippen MR) is 64.8 cm³/mol. The van der Waals surface area contributed by atoms with Crippen molar-refractivity contribution in [3.8, 4) is 11.8 Å². The van der Waals surface area contributed by atoms with Gasteiger partial charge in [-0.2, -0.15) is 0 Å². The Kier molecular flexibility index (Phi) is 5.63. The van der Waals surface area contributed by atoms with E-state index in [-0.39, 0.29) is 0 Å². The quantitative estimate of drug-likeness (QED) is 0.770. The van der Waals surface area contributed by atoms with E-state index in [2.05, 4.69) is 11.8 Å². The molecule has 0 aliphatic carbocycles. The molecule has 1 atom stereocenters. The van der Waals surface area contributed by atoms with Crippen LogP contribution in [-0.2, 0) is 11.3 Å². The lowest BCUT2D eigenvalue weighted by Gasteiger charge is -2.14. The molecule has 0 radical (unpaired) electrons. The first-order valence-electron chi connectivity index (χ1n) is 5.44. The van der Waals surface area contributed by atoms with Gasteiger partial charge in [0.15, 0.2) is 0 Å². The molecule has 0 spiro atoms. The number of ether oxygens (including phenoxy) is 1. The highest BCUT2D eigenvalue weighted by molar-refractivity contribution is 5.28. The molecular weight excluding hydrogens is 200 g/mol. The summed E-state index contributed by atoms with van der Waals surface area (Å²) in [4.78, 5) is 0. The van der Waals surface area contributed by atoms with Gasteiger partial charge in [-0.3, -0.25) is 0 Å². The number of rotatable bonds is 5. The first kappa shape index (κ1) is 12.8. The third kappa shape index (κ3) is 3.69. The van der Waals surface area contributed by atoms with Gasteiger partial charge in [0.25, 0.3) is 0 Å². The second-order valence-corrected chi connectivity index (χ2v) is 3.61. The Morgan fingerprint density at radius 2 is 2.12 bits per heavy atom. The summed E-state index contributed by atoms with van der Waals surface area (Å²) in [6, 6.07) is 7.81. The van der Waals surface area contributed by atoms with Gasteiger partial charge in [0.2, 0.25) is 0 Å². The molecule has 0 amide bonds. The normalized spacial score (nSPS) is 11.7. The van der Waals surface area contributed by atoms with Crippen LogP contribution in [0.5, 0.6) is 0 Å². The van der Waals surface area contributed by atoms with Crippen LogP contribution < -0.4 is 0 Å². The first-order chi connectivity index (χ1) is 7.79. The fourth-order valence-corrected chi connectivity index (χ4v) is 1.64. The average Bonchev–Trinajstić information content (AvgIpc) is 2.30. The van der Waals surface area contributed by atoms with Crippen LogP contribution in [-0.4, -0.2) is 12.2 Å². The zero-order chi connectivity index (χ0) is 11.8. The number of methoxy groups -OCH3 is 1. The zero-order valence-electron chi connectivity index (χ0n) is 9.86. The highest BCUT2D eigenvalue weighted by atomic mass is 16.5. The van der Waals surface area contributed by atoms with Crippen LogP contribution in [0.4, 0.5) is 0 Å². The Morgan fingerprint density at radius 1 is 1.38 bits per heavy atom. The summed E-state index contributed by atoms with van der Waals surface area (Å²) in [5, 5.41) is 10.0. The molecule has 0 aromatic heterocycles. The number of aliphatic hydroxyl groups is 1. The molecule has 1 aromatic carbocycles. The van der Waals surface area contributed by atoms with Gasteiger partial charge < -0.3 is 9.84 Å². The van der Waals surface area contributed by atoms with Crippen LogP contribution in [0.2, 0.25) is 0 Å². The molecule has 0 saturated heterocycles. The molecule has 0 heterocycles. The summed E-state index contributed by atoms with van der Waals surface area (Å²) in [6.07, 6.45) is 0.938. The number of benzene rings is 1. The molecule has 0 aliphatic heterocycles. The van der Waals surface area contributed by atoms with Crippen LogP contribution >= 0.6 is 0 Å². The van der Waals surface area contributed by atoms with E-state index < -0.39 is 6.10 Å². The highest BCUT2D eigenvalue weighted by Gasteiger charge is 2.10. The molecule has 0 fully saturated rings. The van der Waals surface area contributed by atoms with Crippen LogP contribution in [0.1, 0.15) is 37.0 Å². The van der Waals surface area contributed by atoms with Crippen molar-refractivity contribution in [1.29, 1.82) is 0 Å². The van der Waals surface area contributed by atoms with Crippen molar-refractivity contribution in [3.05, 3.63) is 35.4 Å². The molecule has 2 nitrogen and oxygen atoms in total. The maximum absolute atomic E-state index is 10.0. The van der Waals surface area contributed by atoms with Gasteiger partial charge in [0.05, 0.1) is 12.7 Å². The summed E-state index contributed by atoms with van der Waals surface area (Å²) < 4.78 is 5.11. The Bertz CT molecular complexity index is 374. The molecule has 0 aliphatic rings. The first-order valence-corrected chi connectivity index (χ1v) is 5.44. The third-order valence-electron chi connectivity index (χ3n) is 2.43. The molecular formula is C14H18O2. The Balaban J connectivity index is 2.71. The van der Waals surface area contributed by atoms with Crippen molar-refractivity contribution in [1.82, 2.24) is 0 Å². The number of hydrogen-bond donors (Lipinski definition) is 1. The highest BCUT2D eigenvalue weighted by Crippen LogP contribution is 2.22. The monoisotopic (exact) mass is 218 g/mol. The summed E-state index contributed by atoms with van der Waals surface area (Å²) in [7, 11) is 1.66. The van der Waals surface area contributed by atoms with Gasteiger partial charge in [-0.25, -0.2) is 0 Å². The second-order valence-electron chi connectivity index (χ2n) is 3.61.